The molecule has 0 aromatic carbocycles. The van der Waals surface area contributed by atoms with Crippen molar-refractivity contribution in [2.45, 2.75) is 117 Å². The second-order valence-corrected chi connectivity index (χ2v) is 11.1. The fraction of sp³-hybridized carbons (Fsp3) is 0.929. The van der Waals surface area contributed by atoms with E-state index in [1.165, 1.54) is 129 Å². The summed E-state index contributed by atoms with van der Waals surface area (Å²) in [7, 11) is 9.58. The standard InChI is InChI=1S/C28H60N2/c1-7-9-11-13-15-17-19-21-25-29(3,4)27-23-24-28-30(5,6)26-22-20-18-16-14-12-10-8-2/h23-24H,7-22,25-28H2,1-6H3/q+2/b24-23-. The first-order chi connectivity index (χ1) is 14.3. The summed E-state index contributed by atoms with van der Waals surface area (Å²) >= 11 is 0. The highest BCUT2D eigenvalue weighted by Crippen LogP contribution is 2.12. The van der Waals surface area contributed by atoms with Gasteiger partial charge in [0.1, 0.15) is 0 Å². The third-order valence-electron chi connectivity index (χ3n) is 6.60. The lowest BCUT2D eigenvalue weighted by Crippen LogP contribution is -2.42. The Balaban J connectivity index is 3.74. The van der Waals surface area contributed by atoms with Crippen LogP contribution in [0.25, 0.3) is 0 Å². The number of hydrogen-bond acceptors (Lipinski definition) is 0. The molecule has 0 atom stereocenters. The van der Waals surface area contributed by atoms with Crippen LogP contribution in [0, 0.1) is 0 Å². The molecule has 0 aliphatic rings. The van der Waals surface area contributed by atoms with E-state index in [0.29, 0.717) is 0 Å². The fourth-order valence-corrected chi connectivity index (χ4v) is 4.25. The summed E-state index contributed by atoms with van der Waals surface area (Å²) in [5, 5.41) is 0. The quantitative estimate of drug-likeness (QED) is 0.0938. The first-order valence-electron chi connectivity index (χ1n) is 13.6. The van der Waals surface area contributed by atoms with Gasteiger partial charge in [0.25, 0.3) is 0 Å². The summed E-state index contributed by atoms with van der Waals surface area (Å²) in [6.45, 7) is 9.57. The summed E-state index contributed by atoms with van der Waals surface area (Å²) in [6, 6.07) is 0. The minimum atomic E-state index is 1.14. The average Bonchev–Trinajstić information content (AvgIpc) is 2.69. The lowest BCUT2D eigenvalue weighted by atomic mass is 10.1. The molecule has 0 aromatic heterocycles. The van der Waals surface area contributed by atoms with Gasteiger partial charge in [0, 0.05) is 0 Å². The summed E-state index contributed by atoms with van der Waals surface area (Å²) < 4.78 is 2.27. The number of rotatable bonds is 22. The molecule has 0 amide bonds. The molecule has 0 saturated carbocycles. The lowest BCUT2D eigenvalue weighted by molar-refractivity contribution is -0.887. The molecular formula is C28H60N2+2. The van der Waals surface area contributed by atoms with Gasteiger partial charge in [-0.25, -0.2) is 0 Å². The Morgan fingerprint density at radius 3 is 0.967 bits per heavy atom. The summed E-state index contributed by atoms with van der Waals surface area (Å²) in [5.41, 5.74) is 0. The van der Waals surface area contributed by atoms with Crippen LogP contribution < -0.4 is 0 Å². The lowest BCUT2D eigenvalue weighted by Gasteiger charge is -2.30. The van der Waals surface area contributed by atoms with E-state index in [1.54, 1.807) is 0 Å². The molecule has 2 heteroatoms. The largest absolute Gasteiger partial charge is 0.325 e. The number of hydrogen-bond donors (Lipinski definition) is 0. The van der Waals surface area contributed by atoms with E-state index < -0.39 is 0 Å². The molecule has 30 heavy (non-hydrogen) atoms. The fourth-order valence-electron chi connectivity index (χ4n) is 4.25. The SMILES string of the molecule is CCCCCCCCCC[N+](C)(C)C/C=C\C[N+](C)(C)CCCCCCCCCC. The molecule has 0 spiro atoms. The van der Waals surface area contributed by atoms with Crippen LogP contribution in [0.1, 0.15) is 117 Å². The number of likely N-dealkylation sites (N-methyl/N-ethyl adjacent to an activating group) is 2. The van der Waals surface area contributed by atoms with Gasteiger partial charge in [0.15, 0.2) is 0 Å². The summed E-state index contributed by atoms with van der Waals surface area (Å²) in [4.78, 5) is 0. The van der Waals surface area contributed by atoms with Crippen molar-refractivity contribution in [3.8, 4) is 0 Å². The Bertz CT molecular complexity index is 348. The normalized spacial score (nSPS) is 12.9. The van der Waals surface area contributed by atoms with Crippen molar-refractivity contribution < 1.29 is 8.97 Å². The van der Waals surface area contributed by atoms with Crippen LogP contribution in [0.2, 0.25) is 0 Å². The molecule has 0 radical (unpaired) electrons. The monoisotopic (exact) mass is 424 g/mol. The van der Waals surface area contributed by atoms with Crippen LogP contribution >= 0.6 is 0 Å². The van der Waals surface area contributed by atoms with Gasteiger partial charge in [-0.1, -0.05) is 90.9 Å². The number of unbranched alkanes of at least 4 members (excludes halogenated alkanes) is 14. The van der Waals surface area contributed by atoms with Crippen LogP contribution in [0.3, 0.4) is 0 Å². The van der Waals surface area contributed by atoms with Gasteiger partial charge in [-0.3, -0.25) is 0 Å². The number of nitrogens with zero attached hydrogens (tertiary/aromatic N) is 2. The second kappa shape index (κ2) is 19.4. The van der Waals surface area contributed by atoms with E-state index in [4.69, 9.17) is 0 Å². The van der Waals surface area contributed by atoms with Crippen molar-refractivity contribution in [2.24, 2.45) is 0 Å². The molecule has 180 valence electrons. The average molecular weight is 425 g/mol. The zero-order valence-corrected chi connectivity index (χ0v) is 22.2. The van der Waals surface area contributed by atoms with Gasteiger partial charge in [-0.05, 0) is 37.8 Å². The van der Waals surface area contributed by atoms with Gasteiger partial charge in [-0.2, -0.15) is 0 Å². The molecule has 0 unspecified atom stereocenters. The third-order valence-corrected chi connectivity index (χ3v) is 6.60. The molecule has 0 rings (SSSR count). The van der Waals surface area contributed by atoms with E-state index >= 15 is 0 Å². The Morgan fingerprint density at radius 2 is 0.667 bits per heavy atom. The molecule has 0 N–H and O–H groups in total. The van der Waals surface area contributed by atoms with Gasteiger partial charge < -0.3 is 8.97 Å². The van der Waals surface area contributed by atoms with E-state index in [0.717, 1.165) is 8.97 Å². The van der Waals surface area contributed by atoms with Gasteiger partial charge in [-0.15, -0.1) is 0 Å². The smallest absolute Gasteiger partial charge is 0.0971 e. The van der Waals surface area contributed by atoms with Gasteiger partial charge in [0.2, 0.25) is 0 Å². The summed E-state index contributed by atoms with van der Waals surface area (Å²) in [5.74, 6) is 0. The Labute approximate surface area is 192 Å². The topological polar surface area (TPSA) is 0 Å². The minimum Gasteiger partial charge on any atom is -0.325 e. The van der Waals surface area contributed by atoms with E-state index in [9.17, 15) is 0 Å². The predicted molar refractivity (Wildman–Crippen MR) is 138 cm³/mol. The first kappa shape index (κ1) is 29.7. The van der Waals surface area contributed by atoms with Gasteiger partial charge >= 0.3 is 0 Å². The van der Waals surface area contributed by atoms with Crippen LogP contribution in [-0.4, -0.2) is 63.3 Å². The third kappa shape index (κ3) is 20.9. The zero-order chi connectivity index (χ0) is 22.6. The van der Waals surface area contributed by atoms with E-state index in [-0.39, 0.29) is 0 Å². The molecular weight excluding hydrogens is 364 g/mol. The van der Waals surface area contributed by atoms with Crippen molar-refractivity contribution in [1.82, 2.24) is 0 Å². The zero-order valence-electron chi connectivity index (χ0n) is 22.2. The van der Waals surface area contributed by atoms with Crippen molar-refractivity contribution in [3.05, 3.63) is 12.2 Å². The second-order valence-electron chi connectivity index (χ2n) is 11.1. The van der Waals surface area contributed by atoms with Crippen molar-refractivity contribution in [1.29, 1.82) is 0 Å². The molecule has 0 heterocycles. The van der Waals surface area contributed by atoms with Crippen molar-refractivity contribution >= 4 is 0 Å². The van der Waals surface area contributed by atoms with Crippen LogP contribution in [0.4, 0.5) is 0 Å². The Kier molecular flexibility index (Phi) is 19.1. The van der Waals surface area contributed by atoms with Crippen molar-refractivity contribution in [3.63, 3.8) is 0 Å². The molecule has 2 nitrogen and oxygen atoms in total. The molecule has 0 aliphatic carbocycles. The van der Waals surface area contributed by atoms with Crippen LogP contribution in [-0.2, 0) is 0 Å². The molecule has 0 bridgehead atoms. The minimum absolute atomic E-state index is 1.14. The highest BCUT2D eigenvalue weighted by molar-refractivity contribution is 4.81. The Morgan fingerprint density at radius 1 is 0.400 bits per heavy atom. The van der Waals surface area contributed by atoms with E-state index in [2.05, 4.69) is 54.2 Å². The molecule has 0 saturated heterocycles. The van der Waals surface area contributed by atoms with Crippen molar-refractivity contribution in [2.75, 3.05) is 54.4 Å². The van der Waals surface area contributed by atoms with Crippen LogP contribution in [0.15, 0.2) is 12.2 Å². The van der Waals surface area contributed by atoms with E-state index in [1.807, 2.05) is 0 Å². The highest BCUT2D eigenvalue weighted by atomic mass is 15.3. The first-order valence-corrected chi connectivity index (χ1v) is 13.6. The Hall–Kier alpha value is -0.340. The van der Waals surface area contributed by atoms with Gasteiger partial charge in [0.05, 0.1) is 54.4 Å². The molecule has 0 aromatic rings. The number of quaternary nitrogens is 2. The predicted octanol–water partition coefficient (Wildman–Crippen LogP) is 7.98. The summed E-state index contributed by atoms with van der Waals surface area (Å²) in [6.07, 6.45) is 27.6. The molecule has 0 aliphatic heterocycles. The maximum Gasteiger partial charge on any atom is 0.0971 e. The van der Waals surface area contributed by atoms with Crippen LogP contribution in [0.5, 0.6) is 0 Å². The highest BCUT2D eigenvalue weighted by Gasteiger charge is 2.14. The molecule has 0 fully saturated rings. The maximum atomic E-state index is 2.44. The maximum absolute atomic E-state index is 2.44.